The van der Waals surface area contributed by atoms with Crippen LogP contribution in [0.3, 0.4) is 0 Å². The van der Waals surface area contributed by atoms with E-state index in [4.69, 9.17) is 9.26 Å². The maximum atomic E-state index is 12.2. The first kappa shape index (κ1) is 17.9. The van der Waals surface area contributed by atoms with Crippen LogP contribution in [-0.4, -0.2) is 29.7 Å². The van der Waals surface area contributed by atoms with Gasteiger partial charge in [0.25, 0.3) is 0 Å². The van der Waals surface area contributed by atoms with Crippen molar-refractivity contribution in [1.82, 2.24) is 15.5 Å². The molecular formula is C22H21N3O3. The molecule has 6 heteroatoms. The number of nitrogens with zero attached hydrogens (tertiary/aromatic N) is 1. The Hall–Kier alpha value is -3.54. The predicted molar refractivity (Wildman–Crippen MR) is 107 cm³/mol. The smallest absolute Gasteiger partial charge is 0.226 e. The molecule has 142 valence electrons. The summed E-state index contributed by atoms with van der Waals surface area (Å²) < 4.78 is 10.5. The Kier molecular flexibility index (Phi) is 5.10. The molecule has 0 bridgehead atoms. The van der Waals surface area contributed by atoms with E-state index >= 15 is 0 Å². The van der Waals surface area contributed by atoms with E-state index in [0.717, 1.165) is 23.3 Å². The van der Waals surface area contributed by atoms with Crippen molar-refractivity contribution >= 4 is 16.8 Å². The van der Waals surface area contributed by atoms with Gasteiger partial charge in [0.1, 0.15) is 5.75 Å². The van der Waals surface area contributed by atoms with Gasteiger partial charge in [-0.25, -0.2) is 0 Å². The quantitative estimate of drug-likeness (QED) is 0.516. The molecule has 0 fully saturated rings. The van der Waals surface area contributed by atoms with E-state index < -0.39 is 0 Å². The van der Waals surface area contributed by atoms with E-state index in [1.54, 1.807) is 13.2 Å². The topological polar surface area (TPSA) is 80.1 Å². The minimum absolute atomic E-state index is 0.0746. The SMILES string of the molecule is COc1ccc(-c2cc(CC(=O)NCCc3c[nH]c4ccccc34)no2)cc1. The van der Waals surface area contributed by atoms with Crippen molar-refractivity contribution in [3.05, 3.63) is 72.1 Å². The number of methoxy groups -OCH3 is 1. The normalized spacial score (nSPS) is 10.9. The van der Waals surface area contributed by atoms with Crippen LogP contribution in [-0.2, 0) is 17.6 Å². The number of nitrogens with one attached hydrogen (secondary N) is 2. The van der Waals surface area contributed by atoms with Gasteiger partial charge in [-0.15, -0.1) is 0 Å². The number of ether oxygens (including phenoxy) is 1. The van der Waals surface area contributed by atoms with Crippen molar-refractivity contribution in [2.75, 3.05) is 13.7 Å². The van der Waals surface area contributed by atoms with Crippen LogP contribution in [0.5, 0.6) is 5.75 Å². The van der Waals surface area contributed by atoms with Crippen LogP contribution in [0.1, 0.15) is 11.3 Å². The highest BCUT2D eigenvalue weighted by Gasteiger charge is 2.11. The van der Waals surface area contributed by atoms with E-state index in [-0.39, 0.29) is 12.3 Å². The molecule has 2 N–H and O–H groups in total. The fourth-order valence-corrected chi connectivity index (χ4v) is 3.19. The molecule has 2 heterocycles. The summed E-state index contributed by atoms with van der Waals surface area (Å²) in [5, 5.41) is 8.14. The lowest BCUT2D eigenvalue weighted by Gasteiger charge is -2.03. The standard InChI is InChI=1S/C22H21N3O3/c1-27-18-8-6-15(7-9-18)21-12-17(25-28-21)13-22(26)23-11-10-16-14-24-20-5-3-2-4-19(16)20/h2-9,12,14,24H,10-11,13H2,1H3,(H,23,26). The highest BCUT2D eigenvalue weighted by Crippen LogP contribution is 2.23. The average Bonchev–Trinajstić information content (AvgIpc) is 3.35. The van der Waals surface area contributed by atoms with Gasteiger partial charge in [0.15, 0.2) is 5.76 Å². The molecule has 1 amide bonds. The van der Waals surface area contributed by atoms with Crippen LogP contribution in [0.4, 0.5) is 0 Å². The molecule has 0 unspecified atom stereocenters. The number of hydrogen-bond donors (Lipinski definition) is 2. The van der Waals surface area contributed by atoms with Gasteiger partial charge in [0.05, 0.1) is 19.2 Å². The Morgan fingerprint density at radius 3 is 2.82 bits per heavy atom. The first-order valence-electron chi connectivity index (χ1n) is 9.14. The molecule has 4 aromatic rings. The zero-order valence-corrected chi connectivity index (χ0v) is 15.6. The van der Waals surface area contributed by atoms with Gasteiger partial charge in [0, 0.05) is 35.3 Å². The second kappa shape index (κ2) is 8.00. The Morgan fingerprint density at radius 1 is 1.18 bits per heavy atom. The third-order valence-corrected chi connectivity index (χ3v) is 4.67. The van der Waals surface area contributed by atoms with Gasteiger partial charge in [0.2, 0.25) is 5.91 Å². The number of aromatic nitrogens is 2. The van der Waals surface area contributed by atoms with Crippen molar-refractivity contribution < 1.29 is 14.1 Å². The maximum Gasteiger partial charge on any atom is 0.226 e. The van der Waals surface area contributed by atoms with E-state index in [0.29, 0.717) is 18.0 Å². The van der Waals surface area contributed by atoms with Crippen LogP contribution >= 0.6 is 0 Å². The number of benzene rings is 2. The molecule has 0 aliphatic rings. The van der Waals surface area contributed by atoms with Crippen molar-refractivity contribution in [2.45, 2.75) is 12.8 Å². The third-order valence-electron chi connectivity index (χ3n) is 4.67. The summed E-state index contributed by atoms with van der Waals surface area (Å²) in [7, 11) is 1.62. The lowest BCUT2D eigenvalue weighted by molar-refractivity contribution is -0.120. The maximum absolute atomic E-state index is 12.2. The number of fused-ring (bicyclic) bond motifs is 1. The number of carbonyl (C=O) groups excluding carboxylic acids is 1. The summed E-state index contributed by atoms with van der Waals surface area (Å²) >= 11 is 0. The van der Waals surface area contributed by atoms with Gasteiger partial charge in [-0.2, -0.15) is 0 Å². The summed E-state index contributed by atoms with van der Waals surface area (Å²) in [6.45, 7) is 0.573. The van der Waals surface area contributed by atoms with Gasteiger partial charge >= 0.3 is 0 Å². The fraction of sp³-hybridized carbons (Fsp3) is 0.182. The summed E-state index contributed by atoms with van der Waals surface area (Å²) in [5.74, 6) is 1.33. The molecule has 0 aliphatic carbocycles. The first-order chi connectivity index (χ1) is 13.7. The summed E-state index contributed by atoms with van der Waals surface area (Å²) in [6.07, 6.45) is 2.95. The molecule has 0 spiro atoms. The number of amides is 1. The number of para-hydroxylation sites is 1. The molecule has 0 radical (unpaired) electrons. The Balaban J connectivity index is 1.31. The van der Waals surface area contributed by atoms with E-state index in [1.165, 1.54) is 10.9 Å². The Labute approximate surface area is 162 Å². The fourth-order valence-electron chi connectivity index (χ4n) is 3.19. The predicted octanol–water partition coefficient (Wildman–Crippen LogP) is 3.73. The zero-order valence-electron chi connectivity index (χ0n) is 15.6. The molecular weight excluding hydrogens is 354 g/mol. The lowest BCUT2D eigenvalue weighted by atomic mass is 10.1. The summed E-state index contributed by atoms with van der Waals surface area (Å²) in [5.41, 5.74) is 3.80. The minimum Gasteiger partial charge on any atom is -0.497 e. The van der Waals surface area contributed by atoms with Crippen LogP contribution in [0, 0.1) is 0 Å². The molecule has 0 saturated heterocycles. The van der Waals surface area contributed by atoms with Crippen molar-refractivity contribution in [1.29, 1.82) is 0 Å². The van der Waals surface area contributed by atoms with Crippen molar-refractivity contribution in [3.63, 3.8) is 0 Å². The molecule has 2 aromatic carbocycles. The third kappa shape index (κ3) is 3.91. The van der Waals surface area contributed by atoms with Gasteiger partial charge in [-0.1, -0.05) is 23.4 Å². The molecule has 2 aromatic heterocycles. The molecule has 0 aliphatic heterocycles. The van der Waals surface area contributed by atoms with Crippen LogP contribution < -0.4 is 10.1 Å². The first-order valence-corrected chi connectivity index (χ1v) is 9.14. The second-order valence-electron chi connectivity index (χ2n) is 6.55. The van der Waals surface area contributed by atoms with Crippen LogP contribution in [0.2, 0.25) is 0 Å². The zero-order chi connectivity index (χ0) is 19.3. The highest BCUT2D eigenvalue weighted by molar-refractivity contribution is 5.83. The highest BCUT2D eigenvalue weighted by atomic mass is 16.5. The van der Waals surface area contributed by atoms with Gasteiger partial charge in [-0.3, -0.25) is 4.79 Å². The van der Waals surface area contributed by atoms with Crippen molar-refractivity contribution in [3.8, 4) is 17.1 Å². The molecule has 0 saturated carbocycles. The molecule has 0 atom stereocenters. The summed E-state index contributed by atoms with van der Waals surface area (Å²) in [4.78, 5) is 15.5. The van der Waals surface area contributed by atoms with E-state index in [9.17, 15) is 4.79 Å². The number of carbonyl (C=O) groups is 1. The lowest BCUT2D eigenvalue weighted by Crippen LogP contribution is -2.27. The average molecular weight is 375 g/mol. The van der Waals surface area contributed by atoms with Gasteiger partial charge < -0.3 is 19.6 Å². The monoisotopic (exact) mass is 375 g/mol. The number of rotatable bonds is 7. The van der Waals surface area contributed by atoms with Crippen molar-refractivity contribution in [2.24, 2.45) is 0 Å². The largest absolute Gasteiger partial charge is 0.497 e. The Bertz CT molecular complexity index is 1080. The number of H-pyrrole nitrogens is 1. The number of hydrogen-bond acceptors (Lipinski definition) is 4. The number of aromatic amines is 1. The van der Waals surface area contributed by atoms with Gasteiger partial charge in [-0.05, 0) is 42.3 Å². The minimum atomic E-state index is -0.0746. The second-order valence-corrected chi connectivity index (χ2v) is 6.55. The molecule has 6 nitrogen and oxygen atoms in total. The molecule has 28 heavy (non-hydrogen) atoms. The van der Waals surface area contributed by atoms with E-state index in [1.807, 2.05) is 48.7 Å². The van der Waals surface area contributed by atoms with Crippen LogP contribution in [0.25, 0.3) is 22.2 Å². The summed E-state index contributed by atoms with van der Waals surface area (Å²) in [6, 6.07) is 17.4. The van der Waals surface area contributed by atoms with Crippen LogP contribution in [0.15, 0.2) is 65.3 Å². The van der Waals surface area contributed by atoms with E-state index in [2.05, 4.69) is 21.5 Å². The molecule has 4 rings (SSSR count). The Morgan fingerprint density at radius 2 is 2.00 bits per heavy atom.